The zero-order chi connectivity index (χ0) is 18.6. The molecule has 2 aliphatic rings. The molecule has 4 amide bonds. The Labute approximate surface area is 151 Å². The van der Waals surface area contributed by atoms with Crippen LogP contribution in [0.5, 0.6) is 0 Å². The second-order valence-corrected chi connectivity index (χ2v) is 8.64. The lowest BCUT2D eigenvalue weighted by Crippen LogP contribution is -2.38. The van der Waals surface area contributed by atoms with E-state index in [4.69, 9.17) is 0 Å². The maximum absolute atomic E-state index is 12.4. The molecule has 2 aliphatic heterocycles. The third-order valence-electron chi connectivity index (χ3n) is 5.34. The molecule has 0 saturated carbocycles. The number of likely N-dealkylation sites (tertiary alicyclic amines) is 2. The molecule has 0 bridgehead atoms. The molecule has 0 aliphatic carbocycles. The summed E-state index contributed by atoms with van der Waals surface area (Å²) >= 11 is 0. The standard InChI is InChI=1S/C19H33N3O3/c1-14-8-11-21(13-14)18(25)20-9-6-5-7-10-22-16(23)12-15(17(22)24)19(2,3)4/h14-15H,5-13H2,1-4H3,(H,20,25)/t14-,15?/m0/s1. The highest BCUT2D eigenvalue weighted by Gasteiger charge is 2.44. The molecule has 0 aromatic carbocycles. The van der Waals surface area contributed by atoms with Gasteiger partial charge in [0.1, 0.15) is 0 Å². The van der Waals surface area contributed by atoms with Crippen molar-refractivity contribution in [2.24, 2.45) is 17.3 Å². The number of carbonyl (C=O) groups excluding carboxylic acids is 3. The van der Waals surface area contributed by atoms with E-state index in [1.807, 2.05) is 25.7 Å². The number of nitrogens with one attached hydrogen (secondary N) is 1. The van der Waals surface area contributed by atoms with Crippen LogP contribution in [0.4, 0.5) is 4.79 Å². The van der Waals surface area contributed by atoms with Crippen molar-refractivity contribution in [2.45, 2.75) is 59.8 Å². The molecule has 6 heteroatoms. The monoisotopic (exact) mass is 351 g/mol. The zero-order valence-corrected chi connectivity index (χ0v) is 16.1. The van der Waals surface area contributed by atoms with Crippen LogP contribution in [0.15, 0.2) is 0 Å². The van der Waals surface area contributed by atoms with Gasteiger partial charge in [0.05, 0.1) is 5.92 Å². The highest BCUT2D eigenvalue weighted by Crippen LogP contribution is 2.35. The van der Waals surface area contributed by atoms with E-state index < -0.39 is 0 Å². The summed E-state index contributed by atoms with van der Waals surface area (Å²) in [5, 5.41) is 2.96. The number of rotatable bonds is 6. The normalized spacial score (nSPS) is 24.3. The van der Waals surface area contributed by atoms with Crippen LogP contribution in [0.1, 0.15) is 59.8 Å². The minimum absolute atomic E-state index is 0.0195. The predicted molar refractivity (Wildman–Crippen MR) is 96.9 cm³/mol. The van der Waals surface area contributed by atoms with Gasteiger partial charge in [-0.3, -0.25) is 14.5 Å². The smallest absolute Gasteiger partial charge is 0.317 e. The summed E-state index contributed by atoms with van der Waals surface area (Å²) in [5.41, 5.74) is -0.168. The summed E-state index contributed by atoms with van der Waals surface area (Å²) in [4.78, 5) is 39.7. The van der Waals surface area contributed by atoms with Gasteiger partial charge in [0.2, 0.25) is 11.8 Å². The Morgan fingerprint density at radius 1 is 1.20 bits per heavy atom. The number of carbonyl (C=O) groups is 3. The van der Waals surface area contributed by atoms with Crippen molar-refractivity contribution in [2.75, 3.05) is 26.2 Å². The van der Waals surface area contributed by atoms with Gasteiger partial charge in [0.15, 0.2) is 0 Å². The Balaban J connectivity index is 1.61. The number of hydrogen-bond donors (Lipinski definition) is 1. The lowest BCUT2D eigenvalue weighted by molar-refractivity contribution is -0.140. The molecule has 1 unspecified atom stereocenters. The van der Waals surface area contributed by atoms with Crippen molar-refractivity contribution in [1.82, 2.24) is 15.1 Å². The lowest BCUT2D eigenvalue weighted by Gasteiger charge is -2.24. The van der Waals surface area contributed by atoms with Gasteiger partial charge in [0.25, 0.3) is 0 Å². The van der Waals surface area contributed by atoms with Gasteiger partial charge in [-0.1, -0.05) is 27.7 Å². The first-order valence-corrected chi connectivity index (χ1v) is 9.57. The first kappa shape index (κ1) is 19.7. The molecule has 2 atom stereocenters. The van der Waals surface area contributed by atoms with E-state index in [1.165, 1.54) is 4.90 Å². The van der Waals surface area contributed by atoms with Gasteiger partial charge < -0.3 is 10.2 Å². The molecule has 0 radical (unpaired) electrons. The molecule has 2 saturated heterocycles. The highest BCUT2D eigenvalue weighted by molar-refractivity contribution is 6.03. The highest BCUT2D eigenvalue weighted by atomic mass is 16.2. The summed E-state index contributed by atoms with van der Waals surface area (Å²) in [5.74, 6) is 0.343. The summed E-state index contributed by atoms with van der Waals surface area (Å²) in [6.07, 6.45) is 3.99. The Hall–Kier alpha value is -1.59. The second-order valence-electron chi connectivity index (χ2n) is 8.64. The average Bonchev–Trinajstić information content (AvgIpc) is 3.07. The fraction of sp³-hybridized carbons (Fsp3) is 0.842. The number of imide groups is 1. The van der Waals surface area contributed by atoms with E-state index in [-0.39, 0.29) is 29.2 Å². The van der Waals surface area contributed by atoms with E-state index in [9.17, 15) is 14.4 Å². The number of amides is 4. The van der Waals surface area contributed by atoms with Crippen LogP contribution in [-0.2, 0) is 9.59 Å². The van der Waals surface area contributed by atoms with Crippen molar-refractivity contribution in [3.63, 3.8) is 0 Å². The van der Waals surface area contributed by atoms with E-state index >= 15 is 0 Å². The van der Waals surface area contributed by atoms with Gasteiger partial charge in [0, 0.05) is 32.6 Å². The largest absolute Gasteiger partial charge is 0.338 e. The van der Waals surface area contributed by atoms with Gasteiger partial charge in [-0.05, 0) is 37.0 Å². The molecule has 2 heterocycles. The van der Waals surface area contributed by atoms with Crippen LogP contribution >= 0.6 is 0 Å². The number of urea groups is 1. The molecule has 6 nitrogen and oxygen atoms in total. The van der Waals surface area contributed by atoms with Crippen LogP contribution in [-0.4, -0.2) is 53.8 Å². The van der Waals surface area contributed by atoms with E-state index in [0.29, 0.717) is 25.4 Å². The fourth-order valence-corrected chi connectivity index (χ4v) is 3.59. The third kappa shape index (κ3) is 5.19. The minimum atomic E-state index is -0.192. The minimum Gasteiger partial charge on any atom is -0.338 e. The Morgan fingerprint density at radius 3 is 2.48 bits per heavy atom. The molecule has 2 rings (SSSR count). The molecule has 0 spiro atoms. The summed E-state index contributed by atoms with van der Waals surface area (Å²) < 4.78 is 0. The SMILES string of the molecule is C[C@H]1CCN(C(=O)NCCCCCN2C(=O)CC(C(C)(C)C)C2=O)C1. The van der Waals surface area contributed by atoms with Crippen molar-refractivity contribution < 1.29 is 14.4 Å². The average molecular weight is 351 g/mol. The number of unbranched alkanes of at least 4 members (excludes halogenated alkanes) is 2. The summed E-state index contributed by atoms with van der Waals surface area (Å²) in [6, 6.07) is 0.0299. The van der Waals surface area contributed by atoms with Gasteiger partial charge in [-0.15, -0.1) is 0 Å². The fourth-order valence-electron chi connectivity index (χ4n) is 3.59. The van der Waals surface area contributed by atoms with Crippen molar-refractivity contribution in [3.05, 3.63) is 0 Å². The van der Waals surface area contributed by atoms with E-state index in [1.54, 1.807) is 0 Å². The molecule has 0 aromatic rings. The second kappa shape index (κ2) is 8.19. The van der Waals surface area contributed by atoms with Gasteiger partial charge in [-0.25, -0.2) is 4.79 Å². The molecule has 0 aromatic heterocycles. The van der Waals surface area contributed by atoms with E-state index in [0.717, 1.165) is 38.8 Å². The van der Waals surface area contributed by atoms with Crippen LogP contribution in [0.3, 0.4) is 0 Å². The Bertz CT molecular complexity index is 513. The quantitative estimate of drug-likeness (QED) is 0.591. The zero-order valence-electron chi connectivity index (χ0n) is 16.1. The Morgan fingerprint density at radius 2 is 1.92 bits per heavy atom. The molecule has 142 valence electrons. The van der Waals surface area contributed by atoms with Crippen LogP contribution in [0.2, 0.25) is 0 Å². The van der Waals surface area contributed by atoms with Crippen molar-refractivity contribution >= 4 is 17.8 Å². The topological polar surface area (TPSA) is 69.7 Å². The predicted octanol–water partition coefficient (Wildman–Crippen LogP) is 2.63. The van der Waals surface area contributed by atoms with Crippen LogP contribution in [0.25, 0.3) is 0 Å². The first-order chi connectivity index (χ1) is 11.7. The van der Waals surface area contributed by atoms with Crippen molar-refractivity contribution in [3.8, 4) is 0 Å². The van der Waals surface area contributed by atoms with Gasteiger partial charge >= 0.3 is 6.03 Å². The van der Waals surface area contributed by atoms with Gasteiger partial charge in [-0.2, -0.15) is 0 Å². The molecular weight excluding hydrogens is 318 g/mol. The first-order valence-electron chi connectivity index (χ1n) is 9.57. The van der Waals surface area contributed by atoms with Crippen LogP contribution < -0.4 is 5.32 Å². The summed E-state index contributed by atoms with van der Waals surface area (Å²) in [7, 11) is 0. The number of nitrogens with zero attached hydrogens (tertiary/aromatic N) is 2. The summed E-state index contributed by atoms with van der Waals surface area (Å²) in [6.45, 7) is 11.0. The maximum Gasteiger partial charge on any atom is 0.317 e. The van der Waals surface area contributed by atoms with Crippen LogP contribution in [0, 0.1) is 17.3 Å². The molecule has 1 N–H and O–H groups in total. The molecular formula is C19H33N3O3. The van der Waals surface area contributed by atoms with E-state index in [2.05, 4.69) is 12.2 Å². The Kier molecular flexibility index (Phi) is 6.47. The molecule has 25 heavy (non-hydrogen) atoms. The maximum atomic E-state index is 12.4. The molecule has 2 fully saturated rings. The lowest BCUT2D eigenvalue weighted by atomic mass is 9.80. The third-order valence-corrected chi connectivity index (χ3v) is 5.34. The van der Waals surface area contributed by atoms with Crippen molar-refractivity contribution in [1.29, 1.82) is 0 Å². The number of hydrogen-bond acceptors (Lipinski definition) is 3.